The smallest absolute Gasteiger partial charge is 0.311 e. The molecule has 1 aliphatic rings. The van der Waals surface area contributed by atoms with Gasteiger partial charge in [0.2, 0.25) is 0 Å². The topological polar surface area (TPSA) is 61.8 Å². The molecule has 5 nitrogen and oxygen atoms in total. The van der Waals surface area contributed by atoms with Gasteiger partial charge < -0.3 is 14.2 Å². The van der Waals surface area contributed by atoms with E-state index in [0.29, 0.717) is 0 Å². The lowest BCUT2D eigenvalue weighted by Gasteiger charge is -2.35. The Morgan fingerprint density at radius 3 is 2.11 bits per heavy atom. The Bertz CT molecular complexity index is 590. The maximum absolute atomic E-state index is 12.4. The first kappa shape index (κ1) is 24.6. The normalized spacial score (nSPS) is 23.4. The first-order valence-corrected chi connectivity index (χ1v) is 13.0. The van der Waals surface area contributed by atoms with Crippen molar-refractivity contribution in [3.63, 3.8) is 0 Å². The number of carbonyl (C=O) groups excluding carboxylic acids is 2. The Balaban J connectivity index is 3.13. The lowest BCUT2D eigenvalue weighted by atomic mass is 9.97. The van der Waals surface area contributed by atoms with E-state index in [2.05, 4.69) is 33.8 Å². The van der Waals surface area contributed by atoms with Crippen LogP contribution < -0.4 is 0 Å². The van der Waals surface area contributed by atoms with Crippen LogP contribution in [0.5, 0.6) is 0 Å². The number of hydrogen-bond donors (Lipinski definition) is 0. The van der Waals surface area contributed by atoms with Gasteiger partial charge in [-0.2, -0.15) is 0 Å². The molecule has 0 radical (unpaired) electrons. The van der Waals surface area contributed by atoms with Crippen LogP contribution in [-0.2, 0) is 23.8 Å². The Morgan fingerprint density at radius 2 is 1.64 bits per heavy atom. The highest BCUT2D eigenvalue weighted by Crippen LogP contribution is 2.31. The number of carbonyl (C=O) groups is 2. The van der Waals surface area contributed by atoms with E-state index in [4.69, 9.17) is 14.2 Å². The molecule has 0 aromatic rings. The van der Waals surface area contributed by atoms with Gasteiger partial charge in [0.25, 0.3) is 0 Å². The van der Waals surface area contributed by atoms with Crippen LogP contribution in [0.15, 0.2) is 23.4 Å². The molecule has 0 fully saturated rings. The van der Waals surface area contributed by atoms with Crippen LogP contribution in [0.25, 0.3) is 0 Å². The van der Waals surface area contributed by atoms with E-state index < -0.39 is 19.6 Å². The van der Waals surface area contributed by atoms with Crippen molar-refractivity contribution in [1.82, 2.24) is 0 Å². The first-order chi connectivity index (χ1) is 13.0. The number of esters is 2. The molecular weight excluding hydrogens is 372 g/mol. The summed E-state index contributed by atoms with van der Waals surface area (Å²) in [6, 6.07) is 3.52. The minimum atomic E-state index is -1.54. The molecular formula is C22H38O5Si. The quantitative estimate of drug-likeness (QED) is 0.326. The molecule has 0 aliphatic carbocycles. The Kier molecular flexibility index (Phi) is 9.15. The predicted molar refractivity (Wildman–Crippen MR) is 115 cm³/mol. The zero-order valence-electron chi connectivity index (χ0n) is 18.8. The summed E-state index contributed by atoms with van der Waals surface area (Å²) in [5.41, 5.74) is -0.583. The molecule has 0 spiro atoms. The maximum atomic E-state index is 12.4. The molecule has 160 valence electrons. The third-order valence-corrected chi connectivity index (χ3v) is 11.7. The summed E-state index contributed by atoms with van der Waals surface area (Å²) in [6.07, 6.45) is 4.62. The molecule has 0 bridgehead atoms. The van der Waals surface area contributed by atoms with Crippen LogP contribution in [0.4, 0.5) is 0 Å². The molecule has 3 atom stereocenters. The minimum Gasteiger partial charge on any atom is -0.463 e. The van der Waals surface area contributed by atoms with Crippen LogP contribution in [0.2, 0.25) is 18.1 Å². The van der Waals surface area contributed by atoms with Crippen LogP contribution in [0.1, 0.15) is 55.4 Å². The van der Waals surface area contributed by atoms with E-state index in [1.54, 1.807) is 0 Å². The highest BCUT2D eigenvalue weighted by atomic mass is 28.3. The fourth-order valence-corrected chi connectivity index (χ4v) is 7.20. The first-order valence-electron chi connectivity index (χ1n) is 10.4. The average molecular weight is 411 g/mol. The predicted octanol–water partition coefficient (Wildman–Crippen LogP) is 4.83. The monoisotopic (exact) mass is 410 g/mol. The van der Waals surface area contributed by atoms with Gasteiger partial charge in [-0.25, -0.2) is 0 Å². The molecule has 0 aromatic heterocycles. The van der Waals surface area contributed by atoms with Crippen molar-refractivity contribution < 1.29 is 23.8 Å². The van der Waals surface area contributed by atoms with E-state index in [1.165, 1.54) is 30.3 Å². The summed E-state index contributed by atoms with van der Waals surface area (Å²) in [4.78, 5) is 23.6. The van der Waals surface area contributed by atoms with Gasteiger partial charge in [0.05, 0.1) is 13.5 Å². The summed E-state index contributed by atoms with van der Waals surface area (Å²) in [7, 11) is -1.54. The largest absolute Gasteiger partial charge is 0.463 e. The third kappa shape index (κ3) is 6.59. The Morgan fingerprint density at radius 1 is 1.07 bits per heavy atom. The summed E-state index contributed by atoms with van der Waals surface area (Å²) in [5, 5.41) is 1.38. The summed E-state index contributed by atoms with van der Waals surface area (Å²) in [6.45, 7) is 16.0. The van der Waals surface area contributed by atoms with Crippen molar-refractivity contribution in [2.24, 2.45) is 5.41 Å². The molecule has 0 aromatic carbocycles. The second-order valence-electron chi connectivity index (χ2n) is 8.64. The number of allylic oxidation sites excluding steroid dienone is 1. The zero-order valence-corrected chi connectivity index (χ0v) is 19.8. The van der Waals surface area contributed by atoms with Crippen LogP contribution >= 0.6 is 0 Å². The van der Waals surface area contributed by atoms with Gasteiger partial charge in [0.1, 0.15) is 24.9 Å². The lowest BCUT2D eigenvalue weighted by Crippen LogP contribution is -2.42. The van der Waals surface area contributed by atoms with Crippen molar-refractivity contribution in [3.8, 4) is 0 Å². The van der Waals surface area contributed by atoms with Crippen molar-refractivity contribution in [2.75, 3.05) is 6.61 Å². The van der Waals surface area contributed by atoms with E-state index in [-0.39, 0.29) is 30.8 Å². The van der Waals surface area contributed by atoms with E-state index in [0.717, 1.165) is 0 Å². The van der Waals surface area contributed by atoms with Gasteiger partial charge in [-0.05, 0) is 33.8 Å². The van der Waals surface area contributed by atoms with Crippen molar-refractivity contribution in [1.29, 1.82) is 0 Å². The summed E-state index contributed by atoms with van der Waals surface area (Å²) in [5.74, 6) is -0.596. The van der Waals surface area contributed by atoms with Gasteiger partial charge >= 0.3 is 11.9 Å². The second-order valence-corrected chi connectivity index (χ2v) is 14.1. The molecule has 0 amide bonds. The van der Waals surface area contributed by atoms with Gasteiger partial charge in [-0.15, -0.1) is 0 Å². The van der Waals surface area contributed by atoms with Crippen LogP contribution in [-0.4, -0.2) is 44.9 Å². The zero-order chi connectivity index (χ0) is 21.5. The number of ether oxygens (including phenoxy) is 3. The van der Waals surface area contributed by atoms with Gasteiger partial charge in [0, 0.05) is 6.92 Å². The lowest BCUT2D eigenvalue weighted by molar-refractivity contribution is -0.165. The number of hydrogen-bond acceptors (Lipinski definition) is 5. The maximum Gasteiger partial charge on any atom is 0.311 e. The van der Waals surface area contributed by atoms with Gasteiger partial charge in [0.15, 0.2) is 0 Å². The SMILES string of the molecule is CC[Si](CC)(CC)/C(C)=C/[C@H]1O[C@H](COC(C)=O)C=C[C@H]1OC(=O)C(C)(C)C. The highest BCUT2D eigenvalue weighted by Gasteiger charge is 2.35. The Hall–Kier alpha value is -1.40. The summed E-state index contributed by atoms with van der Waals surface area (Å²) < 4.78 is 17.0. The molecule has 1 aliphatic heterocycles. The molecule has 0 saturated carbocycles. The average Bonchev–Trinajstić information content (AvgIpc) is 2.62. The van der Waals surface area contributed by atoms with Gasteiger partial charge in [-0.3, -0.25) is 9.59 Å². The summed E-state index contributed by atoms with van der Waals surface area (Å²) >= 11 is 0. The third-order valence-electron chi connectivity index (χ3n) is 5.76. The van der Waals surface area contributed by atoms with Gasteiger partial charge in [-0.1, -0.05) is 56.3 Å². The molecule has 0 unspecified atom stereocenters. The van der Waals surface area contributed by atoms with E-state index in [1.807, 2.05) is 32.9 Å². The molecule has 28 heavy (non-hydrogen) atoms. The fourth-order valence-electron chi connectivity index (χ4n) is 3.51. The Labute approximate surface area is 171 Å². The highest BCUT2D eigenvalue weighted by molar-refractivity contribution is 6.86. The molecule has 6 heteroatoms. The van der Waals surface area contributed by atoms with Crippen LogP contribution in [0.3, 0.4) is 0 Å². The van der Waals surface area contributed by atoms with Crippen molar-refractivity contribution >= 4 is 20.0 Å². The van der Waals surface area contributed by atoms with Crippen molar-refractivity contribution in [2.45, 2.75) is 91.8 Å². The standard InChI is InChI=1S/C22H38O5Si/c1-9-28(10-2,11-3)16(4)14-20-19(27-21(24)22(6,7)8)13-12-18(26-20)15-25-17(5)23/h12-14,18-20H,9-11,15H2,1-8H3/b16-14+/t18-,19+,20+/m0/s1. The minimum absolute atomic E-state index is 0.160. The molecule has 1 rings (SSSR count). The molecule has 0 saturated heterocycles. The molecule has 1 heterocycles. The fraction of sp³-hybridized carbons (Fsp3) is 0.727. The van der Waals surface area contributed by atoms with E-state index >= 15 is 0 Å². The van der Waals surface area contributed by atoms with Crippen LogP contribution in [0, 0.1) is 5.41 Å². The second kappa shape index (κ2) is 10.4. The van der Waals surface area contributed by atoms with Crippen molar-refractivity contribution in [3.05, 3.63) is 23.4 Å². The van der Waals surface area contributed by atoms with E-state index in [9.17, 15) is 9.59 Å². The number of rotatable bonds is 8. The molecule has 0 N–H and O–H groups in total.